The van der Waals surface area contributed by atoms with Crippen LogP contribution in [0.2, 0.25) is 0 Å². The number of ether oxygens (including phenoxy) is 1. The van der Waals surface area contributed by atoms with Crippen molar-refractivity contribution >= 4 is 0 Å². The van der Waals surface area contributed by atoms with Gasteiger partial charge in [-0.15, -0.1) is 0 Å². The second kappa shape index (κ2) is 5.97. The fourth-order valence-electron chi connectivity index (χ4n) is 1.20. The Hall–Kier alpha value is -0.630. The van der Waals surface area contributed by atoms with Crippen LogP contribution in [0.15, 0.2) is 23.6 Å². The van der Waals surface area contributed by atoms with E-state index in [9.17, 15) is 4.39 Å². The Balaban J connectivity index is 0.000000791. The Bertz CT molecular complexity index is 230. The molecule has 0 aromatic rings. The predicted molar refractivity (Wildman–Crippen MR) is 58.9 cm³/mol. The van der Waals surface area contributed by atoms with Gasteiger partial charge in [-0.2, -0.15) is 0 Å². The van der Waals surface area contributed by atoms with Crippen molar-refractivity contribution in [2.24, 2.45) is 0 Å². The Morgan fingerprint density at radius 2 is 2.00 bits per heavy atom. The number of halogens is 1. The maximum absolute atomic E-state index is 13.1. The molecule has 1 unspecified atom stereocenters. The smallest absolute Gasteiger partial charge is 0.103 e. The van der Waals surface area contributed by atoms with Crippen molar-refractivity contribution < 1.29 is 9.13 Å². The predicted octanol–water partition coefficient (Wildman–Crippen LogP) is 4.01. The zero-order chi connectivity index (χ0) is 11.2. The van der Waals surface area contributed by atoms with E-state index in [1.807, 2.05) is 26.8 Å². The highest BCUT2D eigenvalue weighted by Gasteiger charge is 2.22. The lowest BCUT2D eigenvalue weighted by Gasteiger charge is -2.22. The van der Waals surface area contributed by atoms with Gasteiger partial charge in [0.2, 0.25) is 0 Å². The molecular weight excluding hydrogens is 179 g/mol. The van der Waals surface area contributed by atoms with Crippen molar-refractivity contribution in [3.63, 3.8) is 0 Å². The summed E-state index contributed by atoms with van der Waals surface area (Å²) >= 11 is 0. The molecule has 0 aliphatic heterocycles. The first kappa shape index (κ1) is 13.4. The number of hydrogen-bond acceptors (Lipinski definition) is 1. The van der Waals surface area contributed by atoms with E-state index in [-0.39, 0.29) is 11.4 Å². The maximum atomic E-state index is 13.1. The highest BCUT2D eigenvalue weighted by molar-refractivity contribution is 5.25. The van der Waals surface area contributed by atoms with Gasteiger partial charge in [0.1, 0.15) is 5.83 Å². The number of methoxy groups -OCH3 is 1. The van der Waals surface area contributed by atoms with Crippen molar-refractivity contribution in [1.82, 2.24) is 0 Å². The lowest BCUT2D eigenvalue weighted by Crippen LogP contribution is -2.23. The summed E-state index contributed by atoms with van der Waals surface area (Å²) < 4.78 is 18.4. The molecule has 1 rings (SSSR count). The van der Waals surface area contributed by atoms with Crippen LogP contribution in [0.3, 0.4) is 0 Å². The summed E-state index contributed by atoms with van der Waals surface area (Å²) in [6.45, 7) is 7.75. The van der Waals surface area contributed by atoms with Gasteiger partial charge in [0.25, 0.3) is 0 Å². The van der Waals surface area contributed by atoms with Crippen LogP contribution in [-0.4, -0.2) is 12.7 Å². The Kier molecular flexibility index (Phi) is 5.70. The van der Waals surface area contributed by atoms with Gasteiger partial charge in [-0.25, -0.2) is 4.39 Å². The average molecular weight is 200 g/mol. The molecule has 0 amide bonds. The molecule has 0 aromatic carbocycles. The Labute approximate surface area is 86.7 Å². The lowest BCUT2D eigenvalue weighted by atomic mass is 10.0. The van der Waals surface area contributed by atoms with E-state index in [1.165, 1.54) is 0 Å². The fraction of sp³-hybridized carbons (Fsp3) is 0.667. The van der Waals surface area contributed by atoms with Gasteiger partial charge in [0.15, 0.2) is 0 Å². The van der Waals surface area contributed by atoms with E-state index in [0.29, 0.717) is 12.8 Å². The minimum atomic E-state index is -0.297. The molecule has 0 saturated carbocycles. The van der Waals surface area contributed by atoms with Crippen LogP contribution < -0.4 is 0 Å². The first-order valence-corrected chi connectivity index (χ1v) is 5.17. The molecule has 1 atom stereocenters. The van der Waals surface area contributed by atoms with E-state index < -0.39 is 0 Å². The van der Waals surface area contributed by atoms with Gasteiger partial charge < -0.3 is 4.74 Å². The second-order valence-electron chi connectivity index (χ2n) is 3.44. The highest BCUT2D eigenvalue weighted by Crippen LogP contribution is 2.27. The fourth-order valence-corrected chi connectivity index (χ4v) is 1.20. The van der Waals surface area contributed by atoms with Crippen molar-refractivity contribution in [2.45, 2.75) is 46.1 Å². The Morgan fingerprint density at radius 3 is 2.50 bits per heavy atom. The van der Waals surface area contributed by atoms with Crippen LogP contribution >= 0.6 is 0 Å². The minimum absolute atomic E-state index is 0.0213. The summed E-state index contributed by atoms with van der Waals surface area (Å²) in [6.07, 6.45) is 4.91. The molecule has 1 aliphatic rings. The van der Waals surface area contributed by atoms with Crippen LogP contribution in [0.25, 0.3) is 0 Å². The number of allylic oxidation sites excluding steroid dienone is 3. The van der Waals surface area contributed by atoms with Crippen LogP contribution in [0.1, 0.15) is 40.5 Å². The molecule has 0 spiro atoms. The summed E-state index contributed by atoms with van der Waals surface area (Å²) in [6, 6.07) is 0. The third kappa shape index (κ3) is 3.62. The van der Waals surface area contributed by atoms with Gasteiger partial charge in [-0.3, -0.25) is 0 Å². The first-order valence-electron chi connectivity index (χ1n) is 5.17. The molecule has 14 heavy (non-hydrogen) atoms. The van der Waals surface area contributed by atoms with E-state index in [4.69, 9.17) is 4.74 Å². The van der Waals surface area contributed by atoms with E-state index >= 15 is 0 Å². The maximum Gasteiger partial charge on any atom is 0.103 e. The van der Waals surface area contributed by atoms with Gasteiger partial charge in [-0.05, 0) is 25.8 Å². The molecule has 2 heteroatoms. The zero-order valence-electron chi connectivity index (χ0n) is 9.86. The molecule has 0 aromatic heterocycles. The molecule has 1 aliphatic carbocycles. The monoisotopic (exact) mass is 200 g/mol. The molecule has 0 N–H and O–H groups in total. The zero-order valence-corrected chi connectivity index (χ0v) is 9.86. The average Bonchev–Trinajstić information content (AvgIpc) is 2.36. The van der Waals surface area contributed by atoms with Gasteiger partial charge in [-0.1, -0.05) is 26.0 Å². The molecule has 0 bridgehead atoms. The van der Waals surface area contributed by atoms with Crippen molar-refractivity contribution in [3.8, 4) is 0 Å². The molecular formula is C12H21FO. The standard InChI is InChI=1S/C10H15FO.C2H6/c1-8-4-6-10(2,12-3)7-5-9(8)11;1-2/h4,6H,5,7H2,1-3H3;1-2H3. The number of hydrogen-bond donors (Lipinski definition) is 0. The van der Waals surface area contributed by atoms with E-state index in [0.717, 1.165) is 5.57 Å². The molecule has 0 radical (unpaired) electrons. The topological polar surface area (TPSA) is 9.23 Å². The lowest BCUT2D eigenvalue weighted by molar-refractivity contribution is 0.0412. The molecule has 1 nitrogen and oxygen atoms in total. The quantitative estimate of drug-likeness (QED) is 0.621. The SMILES string of the molecule is CC.COC1(C)C=CC(C)=C(F)CC1. The van der Waals surface area contributed by atoms with Gasteiger partial charge >= 0.3 is 0 Å². The number of rotatable bonds is 1. The summed E-state index contributed by atoms with van der Waals surface area (Å²) in [5.41, 5.74) is 0.422. The minimum Gasteiger partial charge on any atom is -0.374 e. The molecule has 0 saturated heterocycles. The van der Waals surface area contributed by atoms with Crippen LogP contribution in [-0.2, 0) is 4.74 Å². The third-order valence-electron chi connectivity index (χ3n) is 2.42. The van der Waals surface area contributed by atoms with E-state index in [1.54, 1.807) is 20.1 Å². The van der Waals surface area contributed by atoms with Crippen molar-refractivity contribution in [1.29, 1.82) is 0 Å². The van der Waals surface area contributed by atoms with Crippen LogP contribution in [0.5, 0.6) is 0 Å². The summed E-state index contributed by atoms with van der Waals surface area (Å²) in [4.78, 5) is 0. The largest absolute Gasteiger partial charge is 0.374 e. The normalized spacial score (nSPS) is 26.7. The van der Waals surface area contributed by atoms with Crippen molar-refractivity contribution in [2.75, 3.05) is 7.11 Å². The van der Waals surface area contributed by atoms with Crippen LogP contribution in [0.4, 0.5) is 4.39 Å². The first-order chi connectivity index (χ1) is 6.57. The molecule has 0 heterocycles. The van der Waals surface area contributed by atoms with Gasteiger partial charge in [0, 0.05) is 13.5 Å². The van der Waals surface area contributed by atoms with Gasteiger partial charge in [0.05, 0.1) is 5.60 Å². The summed E-state index contributed by atoms with van der Waals surface area (Å²) in [5.74, 6) is -0.0213. The van der Waals surface area contributed by atoms with Crippen LogP contribution in [0, 0.1) is 0 Å². The molecule has 82 valence electrons. The van der Waals surface area contributed by atoms with Crippen molar-refractivity contribution in [3.05, 3.63) is 23.6 Å². The highest BCUT2D eigenvalue weighted by atomic mass is 19.1. The third-order valence-corrected chi connectivity index (χ3v) is 2.42. The van der Waals surface area contributed by atoms with E-state index in [2.05, 4.69) is 0 Å². The molecule has 0 fully saturated rings. The Morgan fingerprint density at radius 1 is 1.43 bits per heavy atom. The second-order valence-corrected chi connectivity index (χ2v) is 3.44. The summed E-state index contributed by atoms with van der Waals surface area (Å²) in [5, 5.41) is 0. The summed E-state index contributed by atoms with van der Waals surface area (Å²) in [7, 11) is 1.66.